The third-order valence-electron chi connectivity index (χ3n) is 5.93. The highest BCUT2D eigenvalue weighted by Gasteiger charge is 2.23. The molecule has 4 rings (SSSR count). The molecule has 0 atom stereocenters. The Balaban J connectivity index is 1.21. The van der Waals surface area contributed by atoms with Gasteiger partial charge in [-0.25, -0.2) is 4.98 Å². The van der Waals surface area contributed by atoms with Gasteiger partial charge in [0.2, 0.25) is 11.8 Å². The molecule has 170 valence electrons. The lowest BCUT2D eigenvalue weighted by Gasteiger charge is -2.34. The summed E-state index contributed by atoms with van der Waals surface area (Å²) < 4.78 is 0. The molecule has 0 radical (unpaired) electrons. The maximum absolute atomic E-state index is 12.5. The zero-order chi connectivity index (χ0) is 22.5. The minimum atomic E-state index is -0.286. The van der Waals surface area contributed by atoms with Crippen LogP contribution in [0.2, 0.25) is 0 Å². The van der Waals surface area contributed by atoms with Crippen LogP contribution < -0.4 is 10.2 Å². The number of nitrogens with zero attached hydrogens (tertiary/aromatic N) is 4. The van der Waals surface area contributed by atoms with Gasteiger partial charge in [0.05, 0.1) is 17.2 Å². The molecule has 8 nitrogen and oxygen atoms in total. The number of aryl methyl sites for hydroxylation is 1. The highest BCUT2D eigenvalue weighted by molar-refractivity contribution is 7.09. The van der Waals surface area contributed by atoms with Crippen LogP contribution >= 0.6 is 11.3 Å². The quantitative estimate of drug-likeness (QED) is 0.689. The smallest absolute Gasteiger partial charge is 0.251 e. The summed E-state index contributed by atoms with van der Waals surface area (Å²) in [5.41, 5.74) is 2.38. The predicted octanol–water partition coefficient (Wildman–Crippen LogP) is 1.91. The molecule has 2 aliphatic rings. The molecule has 1 aromatic heterocycles. The Hall–Kier alpha value is -2.78. The van der Waals surface area contributed by atoms with Gasteiger partial charge >= 0.3 is 0 Å². The summed E-state index contributed by atoms with van der Waals surface area (Å²) in [6.07, 6.45) is 2.40. The third-order valence-corrected chi connectivity index (χ3v) is 6.97. The minimum absolute atomic E-state index is 0.0167. The van der Waals surface area contributed by atoms with Crippen LogP contribution in [0.3, 0.4) is 0 Å². The van der Waals surface area contributed by atoms with Crippen molar-refractivity contribution in [2.45, 2.75) is 32.7 Å². The van der Waals surface area contributed by atoms with Crippen molar-refractivity contribution in [1.82, 2.24) is 20.1 Å². The molecular weight excluding hydrogens is 426 g/mol. The number of aromatic nitrogens is 1. The first-order valence-corrected chi connectivity index (χ1v) is 12.0. The van der Waals surface area contributed by atoms with Crippen molar-refractivity contribution >= 4 is 34.7 Å². The van der Waals surface area contributed by atoms with Gasteiger partial charge in [0.1, 0.15) is 0 Å². The molecule has 2 saturated heterocycles. The Morgan fingerprint density at radius 2 is 1.84 bits per heavy atom. The first-order chi connectivity index (χ1) is 15.5. The number of rotatable bonds is 7. The average molecular weight is 456 g/mol. The van der Waals surface area contributed by atoms with Gasteiger partial charge in [0.25, 0.3) is 5.91 Å². The van der Waals surface area contributed by atoms with Gasteiger partial charge in [-0.15, -0.1) is 11.3 Å². The Labute approximate surface area is 192 Å². The molecule has 1 N–H and O–H groups in total. The molecule has 0 unspecified atom stereocenters. The van der Waals surface area contributed by atoms with E-state index in [1.165, 1.54) is 0 Å². The van der Waals surface area contributed by atoms with Crippen molar-refractivity contribution < 1.29 is 14.4 Å². The summed E-state index contributed by atoms with van der Waals surface area (Å²) in [5, 5.41) is 5.99. The molecule has 0 saturated carbocycles. The van der Waals surface area contributed by atoms with Crippen molar-refractivity contribution in [3.63, 3.8) is 0 Å². The number of hydrogen-bond donors (Lipinski definition) is 1. The fourth-order valence-corrected chi connectivity index (χ4v) is 4.79. The Bertz CT molecular complexity index is 966. The summed E-state index contributed by atoms with van der Waals surface area (Å²) in [7, 11) is 0. The van der Waals surface area contributed by atoms with Gasteiger partial charge in [-0.2, -0.15) is 0 Å². The number of hydrogen-bond acceptors (Lipinski definition) is 6. The van der Waals surface area contributed by atoms with E-state index >= 15 is 0 Å². The molecule has 32 heavy (non-hydrogen) atoms. The standard InChI is InChI=1S/C23H29N5O3S/c1-2-20-25-18(16-32-20)15-26-10-12-27(13-11-26)22(30)14-24-23(31)17-5-7-19(8-6-17)28-9-3-4-21(28)29/h5-8,16H,2-4,9-15H2,1H3,(H,24,31). The van der Waals surface area contributed by atoms with E-state index in [1.807, 2.05) is 0 Å². The van der Waals surface area contributed by atoms with Crippen LogP contribution in [0.25, 0.3) is 0 Å². The number of nitrogens with one attached hydrogen (secondary N) is 1. The van der Waals surface area contributed by atoms with E-state index in [1.54, 1.807) is 45.4 Å². The Morgan fingerprint density at radius 1 is 1.09 bits per heavy atom. The monoisotopic (exact) mass is 455 g/mol. The second-order valence-electron chi connectivity index (χ2n) is 8.12. The maximum Gasteiger partial charge on any atom is 0.251 e. The van der Waals surface area contributed by atoms with Crippen molar-refractivity contribution in [2.24, 2.45) is 0 Å². The van der Waals surface area contributed by atoms with Gasteiger partial charge in [0.15, 0.2) is 0 Å². The molecule has 2 fully saturated rings. The highest BCUT2D eigenvalue weighted by atomic mass is 32.1. The summed E-state index contributed by atoms with van der Waals surface area (Å²) >= 11 is 1.70. The van der Waals surface area contributed by atoms with E-state index in [-0.39, 0.29) is 24.3 Å². The van der Waals surface area contributed by atoms with E-state index in [4.69, 9.17) is 0 Å². The van der Waals surface area contributed by atoms with Crippen molar-refractivity contribution in [3.05, 3.63) is 45.9 Å². The van der Waals surface area contributed by atoms with Crippen molar-refractivity contribution in [1.29, 1.82) is 0 Å². The summed E-state index contributed by atoms with van der Waals surface area (Å²) in [6.45, 7) is 6.53. The number of thiazole rings is 1. The number of piperazine rings is 1. The summed E-state index contributed by atoms with van der Waals surface area (Å²) in [4.78, 5) is 47.3. The van der Waals surface area contributed by atoms with Gasteiger partial charge < -0.3 is 15.1 Å². The number of amides is 3. The molecule has 0 spiro atoms. The molecule has 0 aliphatic carbocycles. The number of carbonyl (C=O) groups excluding carboxylic acids is 3. The molecular formula is C23H29N5O3S. The van der Waals surface area contributed by atoms with E-state index in [9.17, 15) is 14.4 Å². The molecule has 3 heterocycles. The van der Waals surface area contributed by atoms with Crippen LogP contribution in [-0.2, 0) is 22.6 Å². The molecule has 3 amide bonds. The molecule has 1 aromatic carbocycles. The first kappa shape index (κ1) is 22.4. The fourth-order valence-electron chi connectivity index (χ4n) is 4.05. The van der Waals surface area contributed by atoms with E-state index in [0.29, 0.717) is 25.1 Å². The normalized spacial score (nSPS) is 17.1. The number of anilines is 1. The second-order valence-corrected chi connectivity index (χ2v) is 9.06. The molecule has 9 heteroatoms. The zero-order valence-corrected chi connectivity index (χ0v) is 19.2. The van der Waals surface area contributed by atoms with E-state index < -0.39 is 0 Å². The fraction of sp³-hybridized carbons (Fsp3) is 0.478. The number of benzene rings is 1. The van der Waals surface area contributed by atoms with Crippen LogP contribution in [-0.4, -0.2) is 71.8 Å². The van der Waals surface area contributed by atoms with Crippen LogP contribution in [0.4, 0.5) is 5.69 Å². The summed E-state index contributed by atoms with van der Waals surface area (Å²) in [6, 6.07) is 6.96. The largest absolute Gasteiger partial charge is 0.343 e. The van der Waals surface area contributed by atoms with Gasteiger partial charge in [0, 0.05) is 62.3 Å². The van der Waals surface area contributed by atoms with Crippen LogP contribution in [0.5, 0.6) is 0 Å². The highest BCUT2D eigenvalue weighted by Crippen LogP contribution is 2.21. The van der Waals surface area contributed by atoms with E-state index in [0.717, 1.165) is 55.4 Å². The van der Waals surface area contributed by atoms with Crippen LogP contribution in [0, 0.1) is 0 Å². The Morgan fingerprint density at radius 3 is 2.47 bits per heavy atom. The lowest BCUT2D eigenvalue weighted by molar-refractivity contribution is -0.131. The maximum atomic E-state index is 12.5. The van der Waals surface area contributed by atoms with Crippen molar-refractivity contribution in [2.75, 3.05) is 44.2 Å². The first-order valence-electron chi connectivity index (χ1n) is 11.2. The second kappa shape index (κ2) is 10.2. The zero-order valence-electron chi connectivity index (χ0n) is 18.4. The SMILES string of the molecule is CCc1nc(CN2CCN(C(=O)CNC(=O)c3ccc(N4CCCC4=O)cc3)CC2)cs1. The van der Waals surface area contributed by atoms with Crippen molar-refractivity contribution in [3.8, 4) is 0 Å². The van der Waals surface area contributed by atoms with Crippen LogP contribution in [0.15, 0.2) is 29.6 Å². The molecule has 2 aromatic rings. The van der Waals surface area contributed by atoms with Crippen LogP contribution in [0.1, 0.15) is 40.8 Å². The third kappa shape index (κ3) is 5.34. The van der Waals surface area contributed by atoms with Gasteiger partial charge in [-0.05, 0) is 37.1 Å². The average Bonchev–Trinajstić information content (AvgIpc) is 3.46. The van der Waals surface area contributed by atoms with Gasteiger partial charge in [-0.1, -0.05) is 6.92 Å². The lowest BCUT2D eigenvalue weighted by Crippen LogP contribution is -2.50. The number of carbonyl (C=O) groups is 3. The van der Waals surface area contributed by atoms with E-state index in [2.05, 4.69) is 27.5 Å². The molecule has 2 aliphatic heterocycles. The van der Waals surface area contributed by atoms with Gasteiger partial charge in [-0.3, -0.25) is 19.3 Å². The Kier molecular flexibility index (Phi) is 7.16. The topological polar surface area (TPSA) is 85.8 Å². The summed E-state index contributed by atoms with van der Waals surface area (Å²) in [5.74, 6) is -0.240. The lowest BCUT2D eigenvalue weighted by atomic mass is 10.2. The molecule has 0 bridgehead atoms. The predicted molar refractivity (Wildman–Crippen MR) is 124 cm³/mol. The minimum Gasteiger partial charge on any atom is -0.343 e.